The van der Waals surface area contributed by atoms with Crippen molar-refractivity contribution in [1.82, 2.24) is 9.88 Å². The Balaban J connectivity index is 1.29. The maximum Gasteiger partial charge on any atom is 0.126 e. The van der Waals surface area contributed by atoms with Crippen LogP contribution in [0.25, 0.3) is 10.9 Å². The minimum Gasteiger partial charge on any atom is -0.497 e. The van der Waals surface area contributed by atoms with Gasteiger partial charge in [-0.1, -0.05) is 17.7 Å². The first-order chi connectivity index (χ1) is 16.6. The number of halogens is 2. The van der Waals surface area contributed by atoms with Crippen LogP contribution in [0.5, 0.6) is 5.75 Å². The van der Waals surface area contributed by atoms with Gasteiger partial charge in [0.1, 0.15) is 11.9 Å². The minimum absolute atomic E-state index is 0.148. The standard InChI is InChI=1S/C27H32ClFN2O2S/c1-33-22-6-8-27-25(16-22)24(9-11-30-27)26(29)7-5-19-10-12-31(17-20(19)18-32)13-14-34-23-4-2-3-21(28)15-23/h2-4,6,8-9,11,15-16,19-20,26,32H,5,7,10,12-14,17-18H2,1H3/t19-,20-,26+/m1/s1. The van der Waals surface area contributed by atoms with Gasteiger partial charge in [-0.25, -0.2) is 4.39 Å². The third-order valence-corrected chi connectivity index (χ3v) is 8.00. The van der Waals surface area contributed by atoms with E-state index >= 15 is 4.39 Å². The molecule has 0 bridgehead atoms. The Hall–Kier alpha value is -1.86. The van der Waals surface area contributed by atoms with Crippen LogP contribution in [0.4, 0.5) is 4.39 Å². The van der Waals surface area contributed by atoms with Crippen molar-refractivity contribution in [2.24, 2.45) is 11.8 Å². The molecule has 1 fully saturated rings. The van der Waals surface area contributed by atoms with Crippen molar-refractivity contribution in [2.75, 3.05) is 39.1 Å². The van der Waals surface area contributed by atoms with Gasteiger partial charge >= 0.3 is 0 Å². The van der Waals surface area contributed by atoms with E-state index in [4.69, 9.17) is 16.3 Å². The zero-order valence-corrected chi connectivity index (χ0v) is 21.1. The normalized spacial score (nSPS) is 19.9. The van der Waals surface area contributed by atoms with Gasteiger partial charge in [-0.05, 0) is 85.7 Å². The number of likely N-dealkylation sites (tertiary alicyclic amines) is 1. The minimum atomic E-state index is -1.07. The predicted molar refractivity (Wildman–Crippen MR) is 139 cm³/mol. The van der Waals surface area contributed by atoms with Crippen LogP contribution < -0.4 is 4.74 Å². The van der Waals surface area contributed by atoms with Crippen LogP contribution in [0.15, 0.2) is 59.6 Å². The van der Waals surface area contributed by atoms with Gasteiger partial charge < -0.3 is 14.7 Å². The molecule has 1 saturated heterocycles. The third kappa shape index (κ3) is 6.42. The molecule has 0 spiro atoms. The van der Waals surface area contributed by atoms with E-state index in [0.29, 0.717) is 23.7 Å². The van der Waals surface area contributed by atoms with E-state index in [1.807, 2.05) is 36.4 Å². The number of nitrogens with zero attached hydrogens (tertiary/aromatic N) is 2. The summed E-state index contributed by atoms with van der Waals surface area (Å²) in [7, 11) is 1.61. The van der Waals surface area contributed by atoms with E-state index in [2.05, 4.69) is 16.0 Å². The molecule has 1 aromatic heterocycles. The average molecular weight is 503 g/mol. The molecule has 7 heteroatoms. The fourth-order valence-corrected chi connectivity index (χ4v) is 6.08. The maximum absolute atomic E-state index is 15.4. The van der Waals surface area contributed by atoms with Gasteiger partial charge in [0, 0.05) is 47.0 Å². The number of aliphatic hydroxyl groups excluding tert-OH is 1. The Morgan fingerprint density at radius 1 is 1.24 bits per heavy atom. The van der Waals surface area contributed by atoms with Crippen molar-refractivity contribution in [2.45, 2.75) is 30.3 Å². The molecule has 3 atom stereocenters. The van der Waals surface area contributed by atoms with Crippen LogP contribution >= 0.6 is 23.4 Å². The number of aliphatic hydroxyl groups is 1. The summed E-state index contributed by atoms with van der Waals surface area (Å²) in [6.45, 7) is 2.97. The zero-order valence-electron chi connectivity index (χ0n) is 19.5. The lowest BCUT2D eigenvalue weighted by molar-refractivity contribution is 0.0672. The summed E-state index contributed by atoms with van der Waals surface area (Å²) in [5.41, 5.74) is 1.44. The molecule has 34 heavy (non-hydrogen) atoms. The molecule has 1 aliphatic heterocycles. The number of methoxy groups -OCH3 is 1. The summed E-state index contributed by atoms with van der Waals surface area (Å²) in [5, 5.41) is 11.6. The zero-order chi connectivity index (χ0) is 23.9. The highest BCUT2D eigenvalue weighted by Crippen LogP contribution is 2.35. The molecule has 0 radical (unpaired) electrons. The summed E-state index contributed by atoms with van der Waals surface area (Å²) in [6.07, 6.45) is 2.81. The number of hydrogen-bond donors (Lipinski definition) is 1. The third-order valence-electron chi connectivity index (χ3n) is 6.79. The number of alkyl halides is 1. The molecule has 182 valence electrons. The van der Waals surface area contributed by atoms with E-state index in [9.17, 15) is 5.11 Å². The van der Waals surface area contributed by atoms with Gasteiger partial charge in [-0.3, -0.25) is 4.98 Å². The van der Waals surface area contributed by atoms with E-state index in [1.165, 1.54) is 4.90 Å². The largest absolute Gasteiger partial charge is 0.497 e. The monoisotopic (exact) mass is 502 g/mol. The van der Waals surface area contributed by atoms with E-state index in [-0.39, 0.29) is 12.5 Å². The number of benzene rings is 2. The highest BCUT2D eigenvalue weighted by Gasteiger charge is 2.29. The Labute approximate surface area is 210 Å². The number of thioether (sulfide) groups is 1. The summed E-state index contributed by atoms with van der Waals surface area (Å²) < 4.78 is 20.7. The molecule has 0 saturated carbocycles. The first kappa shape index (κ1) is 25.2. The van der Waals surface area contributed by atoms with Crippen LogP contribution in [0.2, 0.25) is 5.02 Å². The molecule has 2 heterocycles. The van der Waals surface area contributed by atoms with Crippen molar-refractivity contribution in [1.29, 1.82) is 0 Å². The number of rotatable bonds is 10. The fraction of sp³-hybridized carbons (Fsp3) is 0.444. The van der Waals surface area contributed by atoms with Crippen LogP contribution in [-0.2, 0) is 0 Å². The summed E-state index contributed by atoms with van der Waals surface area (Å²) in [6, 6.07) is 15.3. The number of piperidine rings is 1. The van der Waals surface area contributed by atoms with Gasteiger partial charge in [-0.15, -0.1) is 11.8 Å². The summed E-state index contributed by atoms with van der Waals surface area (Å²) in [5.74, 6) is 2.21. The smallest absolute Gasteiger partial charge is 0.126 e. The number of pyridine rings is 1. The second-order valence-electron chi connectivity index (χ2n) is 8.93. The van der Waals surface area contributed by atoms with E-state index in [1.54, 1.807) is 31.1 Å². The number of hydrogen-bond acceptors (Lipinski definition) is 5. The van der Waals surface area contributed by atoms with Crippen molar-refractivity contribution in [3.05, 3.63) is 65.3 Å². The summed E-state index contributed by atoms with van der Waals surface area (Å²) >= 11 is 7.87. The molecular weight excluding hydrogens is 471 g/mol. The van der Waals surface area contributed by atoms with Crippen molar-refractivity contribution >= 4 is 34.3 Å². The maximum atomic E-state index is 15.4. The lowest BCUT2D eigenvalue weighted by Gasteiger charge is -2.38. The van der Waals surface area contributed by atoms with Crippen LogP contribution in [-0.4, -0.2) is 54.1 Å². The molecule has 3 aromatic rings. The molecule has 0 unspecified atom stereocenters. The van der Waals surface area contributed by atoms with Crippen LogP contribution in [0, 0.1) is 11.8 Å². The molecule has 4 nitrogen and oxygen atoms in total. The SMILES string of the molecule is COc1ccc2nccc([C@@H](F)CC[C@@H]3CCN(CCSc4cccc(Cl)c4)C[C@@H]3CO)c2c1. The Kier molecular flexibility index (Phi) is 9.06. The van der Waals surface area contributed by atoms with Gasteiger partial charge in [0.05, 0.1) is 12.6 Å². The lowest BCUT2D eigenvalue weighted by Crippen LogP contribution is -2.43. The summed E-state index contributed by atoms with van der Waals surface area (Å²) in [4.78, 5) is 7.96. The molecule has 1 aliphatic rings. The topological polar surface area (TPSA) is 45.6 Å². The second kappa shape index (κ2) is 12.2. The Morgan fingerprint density at radius 2 is 2.12 bits per heavy atom. The molecular formula is C27H32ClFN2O2S. The fourth-order valence-electron chi connectivity index (χ4n) is 4.86. The van der Waals surface area contributed by atoms with Crippen LogP contribution in [0.1, 0.15) is 31.0 Å². The number of ether oxygens (including phenoxy) is 1. The van der Waals surface area contributed by atoms with Gasteiger partial charge in [0.15, 0.2) is 0 Å². The lowest BCUT2D eigenvalue weighted by atomic mass is 9.81. The quantitative estimate of drug-likeness (QED) is 0.324. The van der Waals surface area contributed by atoms with Crippen LogP contribution in [0.3, 0.4) is 0 Å². The molecule has 2 aromatic carbocycles. The highest BCUT2D eigenvalue weighted by molar-refractivity contribution is 7.99. The van der Waals surface area contributed by atoms with Crippen molar-refractivity contribution in [3.63, 3.8) is 0 Å². The molecule has 0 aliphatic carbocycles. The Morgan fingerprint density at radius 3 is 2.91 bits per heavy atom. The molecule has 1 N–H and O–H groups in total. The van der Waals surface area contributed by atoms with Crippen molar-refractivity contribution < 1.29 is 14.2 Å². The first-order valence-electron chi connectivity index (χ1n) is 11.9. The van der Waals surface area contributed by atoms with Gasteiger partial charge in [0.25, 0.3) is 0 Å². The predicted octanol–water partition coefficient (Wildman–Crippen LogP) is 6.41. The van der Waals surface area contributed by atoms with Gasteiger partial charge in [-0.2, -0.15) is 0 Å². The van der Waals surface area contributed by atoms with Gasteiger partial charge in [0.2, 0.25) is 0 Å². The Bertz CT molecular complexity index is 1090. The highest BCUT2D eigenvalue weighted by atomic mass is 35.5. The average Bonchev–Trinajstić information content (AvgIpc) is 2.87. The first-order valence-corrected chi connectivity index (χ1v) is 13.2. The van der Waals surface area contributed by atoms with Crippen molar-refractivity contribution in [3.8, 4) is 5.75 Å². The molecule has 0 amide bonds. The van der Waals surface area contributed by atoms with E-state index < -0.39 is 6.17 Å². The second-order valence-corrected chi connectivity index (χ2v) is 10.5. The van der Waals surface area contributed by atoms with E-state index in [0.717, 1.165) is 54.2 Å². The number of fused-ring (bicyclic) bond motifs is 1. The molecule has 4 rings (SSSR count). The number of aromatic nitrogens is 1.